The van der Waals surface area contributed by atoms with Crippen molar-refractivity contribution in [2.75, 3.05) is 7.11 Å². The molecule has 1 fully saturated rings. The van der Waals surface area contributed by atoms with Crippen molar-refractivity contribution in [3.63, 3.8) is 0 Å². The molecule has 0 saturated carbocycles. The first-order chi connectivity index (χ1) is 17.0. The number of hydrogen-bond donors (Lipinski definition) is 1. The molecule has 0 spiro atoms. The van der Waals surface area contributed by atoms with Crippen molar-refractivity contribution in [1.29, 1.82) is 0 Å². The molecular formula is C27H26N4O3S. The maximum Gasteiger partial charge on any atom is 0.337 e. The molecule has 1 saturated heterocycles. The number of aromatic nitrogens is 2. The van der Waals surface area contributed by atoms with E-state index in [9.17, 15) is 4.79 Å². The monoisotopic (exact) mass is 486 g/mol. The van der Waals surface area contributed by atoms with Crippen LogP contribution in [0.5, 0.6) is 0 Å². The van der Waals surface area contributed by atoms with Gasteiger partial charge in [0.25, 0.3) is 0 Å². The summed E-state index contributed by atoms with van der Waals surface area (Å²) < 4.78 is 12.7. The van der Waals surface area contributed by atoms with Gasteiger partial charge in [-0.15, -0.1) is 0 Å². The second-order valence-electron chi connectivity index (χ2n) is 8.53. The summed E-state index contributed by atoms with van der Waals surface area (Å²) in [6.07, 6.45) is 3.48. The van der Waals surface area contributed by atoms with Crippen LogP contribution in [-0.2, 0) is 11.3 Å². The maximum absolute atomic E-state index is 11.9. The van der Waals surface area contributed by atoms with Gasteiger partial charge in [-0.2, -0.15) is 0 Å². The molecule has 8 heteroatoms. The Bertz CT molecular complexity index is 1350. The van der Waals surface area contributed by atoms with Crippen LogP contribution in [0.1, 0.15) is 50.8 Å². The van der Waals surface area contributed by atoms with E-state index in [1.165, 1.54) is 7.11 Å². The first-order valence-electron chi connectivity index (χ1n) is 11.4. The first-order valence-corrected chi connectivity index (χ1v) is 11.8. The average Bonchev–Trinajstić information content (AvgIpc) is 3.58. The van der Waals surface area contributed by atoms with E-state index in [-0.39, 0.29) is 18.1 Å². The van der Waals surface area contributed by atoms with Gasteiger partial charge in [0.15, 0.2) is 5.11 Å². The van der Waals surface area contributed by atoms with E-state index >= 15 is 0 Å². The zero-order valence-electron chi connectivity index (χ0n) is 19.8. The molecule has 2 atom stereocenters. The molecule has 1 aliphatic heterocycles. The number of methoxy groups -OCH3 is 1. The van der Waals surface area contributed by atoms with Crippen molar-refractivity contribution >= 4 is 23.3 Å². The standard InChI is InChI=1S/C27H26N4O3S/c1-17-15-22(18(2)31(17)20-11-9-19(10-12-20)26(32)33-3)25-24(23-8-4-5-13-28-23)29-27(35)30(25)16-21-7-6-14-34-21/h4-15,24-25H,16H2,1-3H3,(H,29,35)/t24-,25+/m1/s1. The molecule has 4 heterocycles. The van der Waals surface area contributed by atoms with Crippen molar-refractivity contribution in [3.8, 4) is 5.69 Å². The summed E-state index contributed by atoms with van der Waals surface area (Å²) in [6.45, 7) is 4.74. The highest BCUT2D eigenvalue weighted by molar-refractivity contribution is 7.80. The van der Waals surface area contributed by atoms with E-state index in [4.69, 9.17) is 21.4 Å². The minimum Gasteiger partial charge on any atom is -0.467 e. The van der Waals surface area contributed by atoms with Crippen LogP contribution in [0.15, 0.2) is 77.5 Å². The summed E-state index contributed by atoms with van der Waals surface area (Å²) in [5.74, 6) is 0.489. The number of ether oxygens (including phenoxy) is 1. The Morgan fingerprint density at radius 2 is 1.94 bits per heavy atom. The minimum absolute atomic E-state index is 0.0863. The fraction of sp³-hybridized carbons (Fsp3) is 0.222. The smallest absolute Gasteiger partial charge is 0.337 e. The van der Waals surface area contributed by atoms with E-state index < -0.39 is 0 Å². The fourth-order valence-electron chi connectivity index (χ4n) is 4.83. The molecule has 1 aromatic carbocycles. The lowest BCUT2D eigenvalue weighted by atomic mass is 9.96. The molecule has 5 rings (SSSR count). The second-order valence-corrected chi connectivity index (χ2v) is 8.92. The Labute approximate surface area is 209 Å². The highest BCUT2D eigenvalue weighted by atomic mass is 32.1. The van der Waals surface area contributed by atoms with Crippen molar-refractivity contribution in [3.05, 3.63) is 107 Å². The Balaban J connectivity index is 1.58. The molecule has 0 bridgehead atoms. The van der Waals surface area contributed by atoms with Gasteiger partial charge in [0, 0.05) is 23.3 Å². The van der Waals surface area contributed by atoms with E-state index in [1.807, 2.05) is 42.5 Å². The number of aryl methyl sites for hydroxylation is 1. The van der Waals surface area contributed by atoms with Crippen LogP contribution in [0.25, 0.3) is 5.69 Å². The lowest BCUT2D eigenvalue weighted by Crippen LogP contribution is -2.29. The summed E-state index contributed by atoms with van der Waals surface area (Å²) in [5, 5.41) is 4.16. The van der Waals surface area contributed by atoms with Gasteiger partial charge in [-0.1, -0.05) is 6.07 Å². The molecule has 4 aromatic rings. The van der Waals surface area contributed by atoms with Crippen LogP contribution in [0.3, 0.4) is 0 Å². The molecule has 0 amide bonds. The highest BCUT2D eigenvalue weighted by Crippen LogP contribution is 2.42. The van der Waals surface area contributed by atoms with E-state index in [0.717, 1.165) is 34.1 Å². The number of furan rings is 1. The number of benzene rings is 1. The second kappa shape index (κ2) is 9.38. The van der Waals surface area contributed by atoms with Crippen molar-refractivity contribution in [1.82, 2.24) is 19.8 Å². The topological polar surface area (TPSA) is 72.5 Å². The van der Waals surface area contributed by atoms with Gasteiger partial charge >= 0.3 is 5.97 Å². The van der Waals surface area contributed by atoms with Gasteiger partial charge in [0.05, 0.1) is 43.3 Å². The molecule has 1 aliphatic rings. The normalized spacial score (nSPS) is 17.5. The first kappa shape index (κ1) is 22.9. The van der Waals surface area contributed by atoms with Gasteiger partial charge in [0.1, 0.15) is 5.76 Å². The van der Waals surface area contributed by atoms with Gasteiger partial charge in [0.2, 0.25) is 0 Å². The lowest BCUT2D eigenvalue weighted by Gasteiger charge is -2.27. The largest absolute Gasteiger partial charge is 0.467 e. The third kappa shape index (κ3) is 4.21. The molecule has 35 heavy (non-hydrogen) atoms. The SMILES string of the molecule is COC(=O)c1ccc(-n2c(C)cc([C@H]3[C@@H](c4ccccn4)NC(=S)N3Cc3ccco3)c2C)cc1. The Kier molecular flexibility index (Phi) is 6.13. The number of nitrogens with zero attached hydrogens (tertiary/aromatic N) is 3. The number of pyridine rings is 1. The molecule has 178 valence electrons. The zero-order chi connectivity index (χ0) is 24.5. The summed E-state index contributed by atoms with van der Waals surface area (Å²) >= 11 is 5.79. The third-order valence-electron chi connectivity index (χ3n) is 6.44. The van der Waals surface area contributed by atoms with E-state index in [0.29, 0.717) is 17.2 Å². The number of carbonyl (C=O) groups excluding carboxylic acids is 1. The number of thiocarbonyl (C=S) groups is 1. The van der Waals surface area contributed by atoms with Crippen LogP contribution >= 0.6 is 12.2 Å². The van der Waals surface area contributed by atoms with Gasteiger partial charge in [-0.25, -0.2) is 4.79 Å². The molecule has 3 aromatic heterocycles. The number of esters is 1. The highest BCUT2D eigenvalue weighted by Gasteiger charge is 2.41. The van der Waals surface area contributed by atoms with Crippen LogP contribution in [0, 0.1) is 13.8 Å². The van der Waals surface area contributed by atoms with Crippen molar-refractivity contribution < 1.29 is 13.9 Å². The summed E-state index contributed by atoms with van der Waals surface area (Å²) in [7, 11) is 1.38. The molecule has 0 unspecified atom stereocenters. The Morgan fingerprint density at radius 1 is 1.14 bits per heavy atom. The predicted molar refractivity (Wildman–Crippen MR) is 136 cm³/mol. The van der Waals surface area contributed by atoms with E-state index in [2.05, 4.69) is 39.7 Å². The van der Waals surface area contributed by atoms with Crippen molar-refractivity contribution in [2.24, 2.45) is 0 Å². The Morgan fingerprint density at radius 3 is 2.60 bits per heavy atom. The van der Waals surface area contributed by atoms with Crippen molar-refractivity contribution in [2.45, 2.75) is 32.5 Å². The summed E-state index contributed by atoms with van der Waals surface area (Å²) in [5.41, 5.74) is 5.74. The minimum atomic E-state index is -0.351. The molecule has 0 aliphatic carbocycles. The number of hydrogen-bond acceptors (Lipinski definition) is 5. The van der Waals surface area contributed by atoms with Crippen LogP contribution in [0.4, 0.5) is 0 Å². The van der Waals surface area contributed by atoms with E-state index in [1.54, 1.807) is 24.6 Å². The van der Waals surface area contributed by atoms with Gasteiger partial charge < -0.3 is 23.9 Å². The predicted octanol–water partition coefficient (Wildman–Crippen LogP) is 5.04. The quantitative estimate of drug-likeness (QED) is 0.302. The number of rotatable bonds is 6. The molecule has 7 nitrogen and oxygen atoms in total. The maximum atomic E-state index is 11.9. The van der Waals surface area contributed by atoms with Crippen LogP contribution in [0.2, 0.25) is 0 Å². The number of nitrogens with one attached hydrogen (secondary N) is 1. The fourth-order valence-corrected chi connectivity index (χ4v) is 5.14. The zero-order valence-corrected chi connectivity index (χ0v) is 20.6. The van der Waals surface area contributed by atoms with Crippen LogP contribution in [-0.4, -0.2) is 32.6 Å². The average molecular weight is 487 g/mol. The lowest BCUT2D eigenvalue weighted by molar-refractivity contribution is 0.0600. The van der Waals surface area contributed by atoms with Gasteiger partial charge in [-0.05, 0) is 86.2 Å². The molecule has 1 N–H and O–H groups in total. The van der Waals surface area contributed by atoms with Crippen LogP contribution < -0.4 is 5.32 Å². The Hall–Kier alpha value is -3.91. The molecule has 0 radical (unpaired) electrons. The molecular weight excluding hydrogens is 460 g/mol. The number of carbonyl (C=O) groups is 1. The third-order valence-corrected chi connectivity index (χ3v) is 6.79. The summed E-state index contributed by atoms with van der Waals surface area (Å²) in [4.78, 5) is 18.7. The van der Waals surface area contributed by atoms with Gasteiger partial charge in [-0.3, -0.25) is 4.98 Å². The summed E-state index contributed by atoms with van der Waals surface area (Å²) in [6, 6.07) is 19.2.